The number of aryl methyl sites for hydroxylation is 2. The van der Waals surface area contributed by atoms with Crippen LogP contribution in [-0.4, -0.2) is 264 Å². The number of nitrogens with zero attached hydrogens (tertiary/aromatic N) is 8. The van der Waals surface area contributed by atoms with Gasteiger partial charge >= 0.3 is 18.2 Å². The zero-order valence-electron chi connectivity index (χ0n) is 64.0. The smallest absolute Gasteiger partial charge is 0.424 e. The van der Waals surface area contributed by atoms with Gasteiger partial charge in [-0.3, -0.25) is 34.1 Å². The number of alkyl carbamates (subject to hydrolysis) is 1. The van der Waals surface area contributed by atoms with E-state index in [2.05, 4.69) is 34.9 Å². The van der Waals surface area contributed by atoms with Crippen molar-refractivity contribution in [2.75, 3.05) is 134 Å². The van der Waals surface area contributed by atoms with Crippen molar-refractivity contribution in [3.63, 3.8) is 0 Å². The molecule has 3 N–H and O–H groups in total. The second-order valence-electron chi connectivity index (χ2n) is 28.3. The normalized spacial score (nSPS) is 21.6. The SMILES string of the molecule is COCCN(CCC(=O)N(C)[C@@H](C)C(=O)O[C@H]1CC(=O)N(C)c2cc(cc(C)c2Cl)C/C(C)=C/C=C/[C@@H](OC)[C@]2(O)C[C@H](OC(=O)N2)[C@@H](C)C2O[C@]21C)C(=O)CN(CCOC)C(=O)CN(CCOC)C(=O)CNC(=O)CCn1c(CN(C)N(C)C(=O)OCC2c3ccccc3-c3ccccc32)cc2ccccc21. The summed E-state index contributed by atoms with van der Waals surface area (Å²) >= 11 is 6.90. The van der Waals surface area contributed by atoms with E-state index in [1.165, 1.54) is 67.0 Å². The fourth-order valence-corrected chi connectivity index (χ4v) is 14.4. The lowest BCUT2D eigenvalue weighted by molar-refractivity contribution is -0.162. The number of halogens is 1. The van der Waals surface area contributed by atoms with Crippen LogP contribution < -0.4 is 15.5 Å². The summed E-state index contributed by atoms with van der Waals surface area (Å²) in [6.07, 6.45) is -0.639. The third-order valence-electron chi connectivity index (χ3n) is 20.9. The van der Waals surface area contributed by atoms with Crippen molar-refractivity contribution >= 4 is 81.8 Å². The molecular formula is C79H103ClN10O18. The van der Waals surface area contributed by atoms with Crippen LogP contribution in [-0.2, 0) is 91.0 Å². The Morgan fingerprint density at radius 2 is 1.40 bits per heavy atom. The van der Waals surface area contributed by atoms with Crippen molar-refractivity contribution in [1.82, 2.24) is 44.8 Å². The van der Waals surface area contributed by atoms with Crippen LogP contribution >= 0.6 is 11.6 Å². The molecule has 1 unspecified atom stereocenters. The van der Waals surface area contributed by atoms with Crippen LogP contribution in [0, 0.1) is 12.8 Å². The highest BCUT2D eigenvalue weighted by atomic mass is 35.5. The number of fused-ring (bicyclic) bond motifs is 9. The molecule has 4 heterocycles. The molecule has 108 heavy (non-hydrogen) atoms. The van der Waals surface area contributed by atoms with Gasteiger partial charge in [0.05, 0.1) is 69.2 Å². The quantitative estimate of drug-likeness (QED) is 0.0180. The lowest BCUT2D eigenvalue weighted by Crippen LogP contribution is -2.63. The highest BCUT2D eigenvalue weighted by Crippen LogP contribution is 2.50. The van der Waals surface area contributed by atoms with E-state index in [1.807, 2.05) is 91.2 Å². The maximum atomic E-state index is 14.6. The molecular weight excluding hydrogens is 1410 g/mol. The summed E-state index contributed by atoms with van der Waals surface area (Å²) in [6, 6.07) is 28.4. The number of hydrogen-bond donors (Lipinski definition) is 3. The Morgan fingerprint density at radius 1 is 0.787 bits per heavy atom. The first kappa shape index (κ1) is 82.8. The van der Waals surface area contributed by atoms with Gasteiger partial charge < -0.3 is 77.4 Å². The number of aromatic nitrogens is 1. The van der Waals surface area contributed by atoms with Crippen LogP contribution in [0.5, 0.6) is 0 Å². The molecule has 1 aromatic heterocycles. The third-order valence-corrected chi connectivity index (χ3v) is 21.4. The number of likely N-dealkylation sites (N-methyl/N-ethyl adjacent to an activating group) is 1. The Morgan fingerprint density at radius 3 is 2.05 bits per heavy atom. The molecule has 0 radical (unpaired) electrons. The second kappa shape index (κ2) is 37.2. The van der Waals surface area contributed by atoms with E-state index in [4.69, 9.17) is 49.5 Å². The van der Waals surface area contributed by atoms with E-state index in [0.29, 0.717) is 22.7 Å². The number of amides is 8. The first-order chi connectivity index (χ1) is 51.5. The van der Waals surface area contributed by atoms with E-state index in [1.54, 1.807) is 52.2 Å². The Hall–Kier alpha value is -9.26. The predicted octanol–water partition coefficient (Wildman–Crippen LogP) is 7.02. The van der Waals surface area contributed by atoms with Gasteiger partial charge in [0, 0.05) is 132 Å². The van der Waals surface area contributed by atoms with E-state index in [0.717, 1.165) is 54.9 Å². The van der Waals surface area contributed by atoms with Crippen molar-refractivity contribution in [2.45, 2.75) is 128 Å². The van der Waals surface area contributed by atoms with Gasteiger partial charge in [-0.1, -0.05) is 115 Å². The van der Waals surface area contributed by atoms with Gasteiger partial charge in [-0.2, -0.15) is 0 Å². The molecule has 4 aliphatic rings. The average Bonchev–Trinajstić information content (AvgIpc) is 1.56. The molecule has 2 fully saturated rings. The maximum absolute atomic E-state index is 14.6. The van der Waals surface area contributed by atoms with Gasteiger partial charge in [-0.25, -0.2) is 24.4 Å². The van der Waals surface area contributed by atoms with E-state index >= 15 is 0 Å². The Kier molecular flexibility index (Phi) is 28.5. The summed E-state index contributed by atoms with van der Waals surface area (Å²) in [4.78, 5) is 133. The lowest BCUT2D eigenvalue weighted by Gasteiger charge is -2.42. The van der Waals surface area contributed by atoms with E-state index in [9.17, 15) is 48.3 Å². The number of methoxy groups -OCH3 is 4. The fraction of sp³-hybridized carbons (Fsp3) is 0.506. The van der Waals surface area contributed by atoms with E-state index < -0.39 is 127 Å². The number of hydrazine groups is 1. The molecule has 0 spiro atoms. The minimum absolute atomic E-state index is 0.00224. The summed E-state index contributed by atoms with van der Waals surface area (Å²) in [6.45, 7) is 7.67. The number of esters is 1. The molecule has 8 atom stereocenters. The minimum atomic E-state index is -1.91. The van der Waals surface area contributed by atoms with Gasteiger partial charge in [-0.05, 0) is 91.1 Å². The molecule has 8 amide bonds. The van der Waals surface area contributed by atoms with Crippen LogP contribution in [0.25, 0.3) is 22.0 Å². The zero-order valence-corrected chi connectivity index (χ0v) is 64.8. The van der Waals surface area contributed by atoms with Crippen LogP contribution in [0.3, 0.4) is 0 Å². The Labute approximate surface area is 635 Å². The minimum Gasteiger partial charge on any atom is -0.457 e. The molecule has 5 aromatic rings. The van der Waals surface area contributed by atoms with Crippen molar-refractivity contribution < 1.29 is 86.2 Å². The van der Waals surface area contributed by atoms with Gasteiger partial charge in [0.15, 0.2) is 5.72 Å². The number of hydrogen-bond acceptors (Lipinski definition) is 19. The molecule has 584 valence electrons. The topological polar surface area (TPSA) is 303 Å². The lowest BCUT2D eigenvalue weighted by atomic mass is 9.83. The monoisotopic (exact) mass is 1510 g/mol. The summed E-state index contributed by atoms with van der Waals surface area (Å²) in [5.41, 5.74) is 5.74. The standard InChI is InChI=1S/C79H103ClN10O18/c1-50-21-20-28-65(104-13)79(100)44-64(106-76(98)82-79)52(3)74-78(5,108-74)66(43-69(93)85(8)63-41-54(39-50)40-51(2)73(63)80)107-75(97)53(4)84(7)68(92)30-31-87(33-36-101-10)71(95)47-89(35-38-103-12)72(96)48-88(34-37-102-11)70(94)45-81-67(91)29-32-90-56(42-55-22-14-19-27-62(55)90)46-83(6)86(9)77(99)105-49-61-59-25-17-15-23-57(59)58-24-16-18-26-60(58)61/h14-28,40-42,52-53,61,64-66,74,100H,29-39,43-49H2,1-13H3,(H,81,91)(H,82,98)/b28-20+,50-21+/t52-,53+,64+,65-,66+,74?,78+,79-/m1/s1. The summed E-state index contributed by atoms with van der Waals surface area (Å²) in [5, 5.41) is 21.6. The number of carbonyl (C=O) groups is 9. The largest absolute Gasteiger partial charge is 0.457 e. The predicted molar refractivity (Wildman–Crippen MR) is 403 cm³/mol. The maximum Gasteiger partial charge on any atom is 0.424 e. The fourth-order valence-electron chi connectivity index (χ4n) is 14.2. The number of allylic oxidation sites excluding steroid dienone is 3. The van der Waals surface area contributed by atoms with Crippen LogP contribution in [0.2, 0.25) is 5.02 Å². The first-order valence-corrected chi connectivity index (χ1v) is 36.6. The molecule has 29 heteroatoms. The second-order valence-corrected chi connectivity index (χ2v) is 28.7. The number of benzene rings is 4. The number of anilines is 1. The molecule has 4 aromatic carbocycles. The molecule has 28 nitrogen and oxygen atoms in total. The van der Waals surface area contributed by atoms with Crippen molar-refractivity contribution in [3.8, 4) is 11.1 Å². The molecule has 1 aliphatic carbocycles. The highest BCUT2D eigenvalue weighted by molar-refractivity contribution is 6.34. The Balaban J connectivity index is 0.804. The molecule has 0 saturated carbocycles. The van der Waals surface area contributed by atoms with Crippen LogP contribution in [0.15, 0.2) is 115 Å². The van der Waals surface area contributed by atoms with Gasteiger partial charge in [0.25, 0.3) is 0 Å². The number of nitrogens with one attached hydrogen (secondary N) is 2. The number of epoxide rings is 1. The number of aliphatic hydroxyl groups is 1. The summed E-state index contributed by atoms with van der Waals surface area (Å²) in [5.74, 6) is -4.92. The number of carbonyl (C=O) groups excluding carboxylic acids is 9. The summed E-state index contributed by atoms with van der Waals surface area (Å²) < 4.78 is 48.1. The van der Waals surface area contributed by atoms with E-state index in [-0.39, 0.29) is 90.9 Å². The number of para-hydroxylation sites is 1. The molecule has 4 bridgehead atoms. The summed E-state index contributed by atoms with van der Waals surface area (Å²) in [7, 11) is 12.1. The van der Waals surface area contributed by atoms with Crippen molar-refractivity contribution in [2.24, 2.45) is 5.92 Å². The number of ether oxygens (including phenoxy) is 8. The van der Waals surface area contributed by atoms with Gasteiger partial charge in [0.1, 0.15) is 36.6 Å². The van der Waals surface area contributed by atoms with Gasteiger partial charge in [0.2, 0.25) is 35.4 Å². The van der Waals surface area contributed by atoms with Gasteiger partial charge in [-0.15, -0.1) is 0 Å². The zero-order chi connectivity index (χ0) is 78.3. The Bertz CT molecular complexity index is 4100. The molecule has 9 rings (SSSR count). The van der Waals surface area contributed by atoms with Crippen molar-refractivity contribution in [3.05, 3.63) is 148 Å². The van der Waals surface area contributed by atoms with Crippen molar-refractivity contribution in [1.29, 1.82) is 0 Å². The number of rotatable bonds is 30. The molecule has 2 saturated heterocycles. The molecule has 3 aliphatic heterocycles. The highest BCUT2D eigenvalue weighted by Gasteiger charge is 2.64. The third kappa shape index (κ3) is 20.0. The van der Waals surface area contributed by atoms with Crippen LogP contribution in [0.1, 0.15) is 87.2 Å². The first-order valence-electron chi connectivity index (χ1n) is 36.3. The average molecular weight is 1520 g/mol. The van der Waals surface area contributed by atoms with Crippen LogP contribution in [0.4, 0.5) is 15.3 Å².